The number of morpholine rings is 1. The van der Waals surface area contributed by atoms with Crippen molar-refractivity contribution in [1.82, 2.24) is 14.6 Å². The predicted molar refractivity (Wildman–Crippen MR) is 116 cm³/mol. The molecule has 0 saturated carbocycles. The van der Waals surface area contributed by atoms with E-state index in [0.29, 0.717) is 17.6 Å². The molecule has 0 bridgehead atoms. The quantitative estimate of drug-likeness (QED) is 0.449. The average Bonchev–Trinajstić information content (AvgIpc) is 3.09. The molecule has 0 spiro atoms. The number of rotatable bonds is 7. The van der Waals surface area contributed by atoms with Gasteiger partial charge >= 0.3 is 0 Å². The zero-order valence-corrected chi connectivity index (χ0v) is 17.1. The van der Waals surface area contributed by atoms with E-state index in [4.69, 9.17) is 10.5 Å². The molecule has 1 aliphatic rings. The van der Waals surface area contributed by atoms with Gasteiger partial charge in [0.15, 0.2) is 0 Å². The maximum absolute atomic E-state index is 13.3. The van der Waals surface area contributed by atoms with Gasteiger partial charge in [-0.25, -0.2) is 4.39 Å². The van der Waals surface area contributed by atoms with Crippen LogP contribution < -0.4 is 11.1 Å². The number of nitrogens with one attached hydrogen (secondary N) is 1. The van der Waals surface area contributed by atoms with Crippen LogP contribution in [0.1, 0.15) is 32.8 Å². The third kappa shape index (κ3) is 4.45. The van der Waals surface area contributed by atoms with E-state index >= 15 is 0 Å². The van der Waals surface area contributed by atoms with E-state index in [1.54, 1.807) is 28.8 Å². The Morgan fingerprint density at radius 3 is 2.58 bits per heavy atom. The number of fused-ring (bicyclic) bond motifs is 1. The van der Waals surface area contributed by atoms with Gasteiger partial charge in [-0.2, -0.15) is 0 Å². The van der Waals surface area contributed by atoms with E-state index in [1.165, 1.54) is 24.3 Å². The molecule has 162 valence electrons. The molecule has 3 N–H and O–H groups in total. The minimum absolute atomic E-state index is 0.117. The highest BCUT2D eigenvalue weighted by atomic mass is 19.1. The Bertz CT molecular complexity index is 1090. The van der Waals surface area contributed by atoms with Crippen LogP contribution in [-0.4, -0.2) is 60.4 Å². The summed E-state index contributed by atoms with van der Waals surface area (Å²) < 4.78 is 20.2. The molecular weight excluding hydrogens is 399 g/mol. The van der Waals surface area contributed by atoms with E-state index in [1.807, 2.05) is 0 Å². The van der Waals surface area contributed by atoms with Crippen molar-refractivity contribution in [2.75, 3.05) is 45.1 Å². The van der Waals surface area contributed by atoms with Crippen molar-refractivity contribution >= 4 is 22.9 Å². The van der Waals surface area contributed by atoms with Crippen LogP contribution in [0.25, 0.3) is 5.52 Å². The van der Waals surface area contributed by atoms with Gasteiger partial charge in [0.05, 0.1) is 30.0 Å². The van der Waals surface area contributed by atoms with Gasteiger partial charge in [-0.3, -0.25) is 14.5 Å². The summed E-state index contributed by atoms with van der Waals surface area (Å²) in [5, 5.41) is 2.92. The van der Waals surface area contributed by atoms with Crippen molar-refractivity contribution in [3.63, 3.8) is 0 Å². The van der Waals surface area contributed by atoms with Gasteiger partial charge in [0.1, 0.15) is 11.5 Å². The lowest BCUT2D eigenvalue weighted by atomic mass is 10.1. The lowest BCUT2D eigenvalue weighted by Gasteiger charge is -2.26. The van der Waals surface area contributed by atoms with E-state index in [-0.39, 0.29) is 28.6 Å². The van der Waals surface area contributed by atoms with Gasteiger partial charge in [-0.1, -0.05) is 6.07 Å². The maximum atomic E-state index is 13.3. The number of hydrogen-bond donors (Lipinski definition) is 2. The fourth-order valence-corrected chi connectivity index (χ4v) is 3.85. The van der Waals surface area contributed by atoms with Crippen LogP contribution in [0.3, 0.4) is 0 Å². The van der Waals surface area contributed by atoms with Crippen LogP contribution in [0.2, 0.25) is 0 Å². The number of carbonyl (C=O) groups is 2. The van der Waals surface area contributed by atoms with Crippen LogP contribution in [0.5, 0.6) is 0 Å². The topological polar surface area (TPSA) is 89.1 Å². The summed E-state index contributed by atoms with van der Waals surface area (Å²) in [6.07, 6.45) is 2.50. The second-order valence-electron chi connectivity index (χ2n) is 7.49. The minimum atomic E-state index is -0.429. The minimum Gasteiger partial charge on any atom is -0.396 e. The van der Waals surface area contributed by atoms with Crippen molar-refractivity contribution in [3.8, 4) is 0 Å². The first-order chi connectivity index (χ1) is 15.1. The number of benzene rings is 1. The molecule has 1 saturated heterocycles. The first-order valence-corrected chi connectivity index (χ1v) is 10.3. The normalized spacial score (nSPS) is 14.6. The average molecular weight is 424 g/mol. The van der Waals surface area contributed by atoms with Crippen LogP contribution >= 0.6 is 0 Å². The van der Waals surface area contributed by atoms with Crippen LogP contribution in [0.4, 0.5) is 10.1 Å². The van der Waals surface area contributed by atoms with Gasteiger partial charge in [0.25, 0.3) is 5.91 Å². The van der Waals surface area contributed by atoms with E-state index in [0.717, 1.165) is 39.3 Å². The Morgan fingerprint density at radius 1 is 1.10 bits per heavy atom. The monoisotopic (exact) mass is 424 g/mol. The first kappa shape index (κ1) is 21.0. The molecule has 1 aliphatic heterocycles. The molecule has 2 aromatic heterocycles. The molecule has 1 aromatic carbocycles. The molecule has 8 heteroatoms. The van der Waals surface area contributed by atoms with Crippen LogP contribution in [0.15, 0.2) is 48.7 Å². The molecule has 4 rings (SSSR count). The van der Waals surface area contributed by atoms with Crippen molar-refractivity contribution in [3.05, 3.63) is 71.3 Å². The lowest BCUT2D eigenvalue weighted by molar-refractivity contribution is 0.0374. The zero-order chi connectivity index (χ0) is 21.8. The second-order valence-corrected chi connectivity index (χ2v) is 7.49. The van der Waals surface area contributed by atoms with Gasteiger partial charge in [0.2, 0.25) is 5.78 Å². The highest BCUT2D eigenvalue weighted by Gasteiger charge is 2.26. The molecule has 3 heterocycles. The molecule has 1 amide bonds. The number of pyridine rings is 1. The molecule has 1 fully saturated rings. The number of amides is 1. The van der Waals surface area contributed by atoms with Crippen LogP contribution in [0, 0.1) is 5.82 Å². The second kappa shape index (κ2) is 9.28. The first-order valence-electron chi connectivity index (χ1n) is 10.3. The number of nitrogens with zero attached hydrogens (tertiary/aromatic N) is 2. The van der Waals surface area contributed by atoms with Crippen LogP contribution in [-0.2, 0) is 4.74 Å². The SMILES string of the molecule is Nc1c(C(=O)NCCCN2CCOCC2)c2ccccn2c1C(=O)c1ccc(F)cc1. The van der Waals surface area contributed by atoms with Gasteiger partial charge in [-0.05, 0) is 49.4 Å². The molecule has 31 heavy (non-hydrogen) atoms. The molecule has 0 unspecified atom stereocenters. The molecular formula is C23H25FN4O3. The van der Waals surface area contributed by atoms with Gasteiger partial charge < -0.3 is 20.2 Å². The Morgan fingerprint density at radius 2 is 1.84 bits per heavy atom. The van der Waals surface area contributed by atoms with Crippen molar-refractivity contribution in [2.45, 2.75) is 6.42 Å². The maximum Gasteiger partial charge on any atom is 0.255 e. The number of nitrogen functional groups attached to an aromatic ring is 1. The number of carbonyl (C=O) groups excluding carboxylic acids is 2. The van der Waals surface area contributed by atoms with Gasteiger partial charge in [0, 0.05) is 31.4 Å². The number of hydrogen-bond acceptors (Lipinski definition) is 5. The standard InChI is InChI=1S/C23H25FN4O3/c24-17-7-5-16(6-8-17)22(29)21-20(25)19(18-4-1-2-11-28(18)21)23(30)26-9-3-10-27-12-14-31-15-13-27/h1-2,4-8,11H,3,9-10,12-15,25H2,(H,26,30). The summed E-state index contributed by atoms with van der Waals surface area (Å²) in [6, 6.07) is 10.6. The van der Waals surface area contributed by atoms with Crippen molar-refractivity contribution in [1.29, 1.82) is 0 Å². The fraction of sp³-hybridized carbons (Fsp3) is 0.304. The summed E-state index contributed by atoms with van der Waals surface area (Å²) in [5.41, 5.74) is 7.75. The zero-order valence-electron chi connectivity index (χ0n) is 17.1. The molecule has 0 radical (unpaired) electrons. The summed E-state index contributed by atoms with van der Waals surface area (Å²) in [5.74, 6) is -1.12. The Hall–Kier alpha value is -3.23. The summed E-state index contributed by atoms with van der Waals surface area (Å²) >= 11 is 0. The summed E-state index contributed by atoms with van der Waals surface area (Å²) in [4.78, 5) is 28.3. The number of anilines is 1. The summed E-state index contributed by atoms with van der Waals surface area (Å²) in [6.45, 7) is 4.67. The molecule has 0 aliphatic carbocycles. The third-order valence-electron chi connectivity index (χ3n) is 5.47. The Balaban J connectivity index is 1.53. The van der Waals surface area contributed by atoms with E-state index < -0.39 is 5.82 Å². The molecule has 7 nitrogen and oxygen atoms in total. The lowest BCUT2D eigenvalue weighted by Crippen LogP contribution is -2.38. The van der Waals surface area contributed by atoms with E-state index in [2.05, 4.69) is 10.2 Å². The number of nitrogens with two attached hydrogens (primary N) is 1. The number of aromatic nitrogens is 1. The number of ketones is 1. The van der Waals surface area contributed by atoms with Crippen molar-refractivity contribution < 1.29 is 18.7 Å². The number of halogens is 1. The molecule has 0 atom stereocenters. The Kier molecular flexibility index (Phi) is 6.29. The third-order valence-corrected chi connectivity index (χ3v) is 5.47. The largest absolute Gasteiger partial charge is 0.396 e. The summed E-state index contributed by atoms with van der Waals surface area (Å²) in [7, 11) is 0. The predicted octanol–water partition coefficient (Wildman–Crippen LogP) is 2.34. The van der Waals surface area contributed by atoms with Gasteiger partial charge in [-0.15, -0.1) is 0 Å². The smallest absolute Gasteiger partial charge is 0.255 e. The molecule has 3 aromatic rings. The van der Waals surface area contributed by atoms with Crippen molar-refractivity contribution in [2.24, 2.45) is 0 Å². The highest BCUT2D eigenvalue weighted by molar-refractivity contribution is 6.17. The Labute approximate surface area is 179 Å². The van der Waals surface area contributed by atoms with E-state index in [9.17, 15) is 14.0 Å². The number of ether oxygens (including phenoxy) is 1. The highest BCUT2D eigenvalue weighted by Crippen LogP contribution is 2.28. The fourth-order valence-electron chi connectivity index (χ4n) is 3.85.